The minimum Gasteiger partial charge on any atom is -0.196 e. The molecule has 1 aromatic heterocycles. The zero-order valence-electron chi connectivity index (χ0n) is 12.7. The number of benzene rings is 2. The average molecular weight is 340 g/mol. The predicted molar refractivity (Wildman–Crippen MR) is 86.9 cm³/mol. The Hall–Kier alpha value is -3.40. The Morgan fingerprint density at radius 1 is 0.960 bits per heavy atom. The van der Waals surface area contributed by atoms with Gasteiger partial charge in [-0.3, -0.25) is 0 Å². The highest BCUT2D eigenvalue weighted by molar-refractivity contribution is 5.73. The van der Waals surface area contributed by atoms with Crippen molar-refractivity contribution in [2.45, 2.75) is 6.18 Å². The summed E-state index contributed by atoms with van der Waals surface area (Å²) >= 11 is 0. The zero-order valence-corrected chi connectivity index (χ0v) is 12.7. The van der Waals surface area contributed by atoms with Crippen LogP contribution in [0.15, 0.2) is 48.5 Å². The molecular weight excluding hydrogens is 329 g/mol. The number of rotatable bonds is 3. The summed E-state index contributed by atoms with van der Waals surface area (Å²) in [6, 6.07) is 14.1. The van der Waals surface area contributed by atoms with Crippen LogP contribution in [0.2, 0.25) is 0 Å². The van der Waals surface area contributed by atoms with E-state index >= 15 is 0 Å². The number of aromatic amines is 1. The van der Waals surface area contributed by atoms with E-state index in [9.17, 15) is 13.2 Å². The summed E-state index contributed by atoms with van der Waals surface area (Å²) in [6.45, 7) is 0. The van der Waals surface area contributed by atoms with Gasteiger partial charge in [0.05, 0.1) is 5.56 Å². The summed E-state index contributed by atoms with van der Waals surface area (Å²) in [5, 5.41) is 19.1. The molecule has 0 aliphatic rings. The van der Waals surface area contributed by atoms with Crippen LogP contribution < -0.4 is 0 Å². The zero-order chi connectivity index (χ0) is 17.9. The summed E-state index contributed by atoms with van der Waals surface area (Å²) in [7, 11) is 0. The number of halogens is 3. The number of H-pyrrole nitrogens is 1. The van der Waals surface area contributed by atoms with Crippen molar-refractivity contribution in [2.75, 3.05) is 0 Å². The third-order valence-corrected chi connectivity index (χ3v) is 3.52. The predicted octanol–water partition coefficient (Wildman–Crippen LogP) is 4.53. The molecule has 1 N–H and O–H groups in total. The smallest absolute Gasteiger partial charge is 0.196 e. The molecule has 0 aliphatic heterocycles. The molecule has 3 aromatic rings. The lowest BCUT2D eigenvalue weighted by atomic mass is 10.1. The summed E-state index contributed by atoms with van der Waals surface area (Å²) in [5.74, 6) is 0. The number of nitriles is 1. The largest absolute Gasteiger partial charge is 0.416 e. The van der Waals surface area contributed by atoms with E-state index in [1.54, 1.807) is 24.3 Å². The fraction of sp³-hybridized carbons (Fsp3) is 0.0556. The fourth-order valence-corrected chi connectivity index (χ4v) is 2.28. The fourth-order valence-electron chi connectivity index (χ4n) is 2.28. The van der Waals surface area contributed by atoms with Crippen molar-refractivity contribution in [3.8, 4) is 17.3 Å². The number of alkyl halides is 3. The Morgan fingerprint density at radius 2 is 1.68 bits per heavy atom. The molecule has 0 unspecified atom stereocenters. The van der Waals surface area contributed by atoms with Gasteiger partial charge in [-0.1, -0.05) is 42.5 Å². The second kappa shape index (κ2) is 6.61. The minimum atomic E-state index is -4.34. The summed E-state index contributed by atoms with van der Waals surface area (Å²) < 4.78 is 37.7. The third kappa shape index (κ3) is 3.75. The Morgan fingerprint density at radius 3 is 2.36 bits per heavy atom. The molecule has 0 atom stereocenters. The Bertz CT molecular complexity index is 947. The molecule has 0 radical (unpaired) electrons. The van der Waals surface area contributed by atoms with Gasteiger partial charge >= 0.3 is 6.18 Å². The summed E-state index contributed by atoms with van der Waals surface area (Å²) in [5.41, 5.74) is 2.17. The van der Waals surface area contributed by atoms with E-state index < -0.39 is 11.7 Å². The number of hydrogen-bond donors (Lipinski definition) is 1. The second-order valence-electron chi connectivity index (χ2n) is 5.21. The van der Waals surface area contributed by atoms with Crippen molar-refractivity contribution in [1.82, 2.24) is 15.4 Å². The van der Waals surface area contributed by atoms with E-state index in [1.807, 2.05) is 18.2 Å². The highest BCUT2D eigenvalue weighted by Crippen LogP contribution is 2.29. The monoisotopic (exact) mass is 340 g/mol. The molecule has 0 bridgehead atoms. The quantitative estimate of drug-likeness (QED) is 0.712. The Kier molecular flexibility index (Phi) is 4.35. The maximum atomic E-state index is 12.6. The molecule has 2 aromatic carbocycles. The van der Waals surface area contributed by atoms with Crippen molar-refractivity contribution in [3.05, 3.63) is 70.9 Å². The van der Waals surface area contributed by atoms with Gasteiger partial charge in [-0.25, -0.2) is 0 Å². The number of aromatic nitrogens is 3. The molecule has 124 valence electrons. The van der Waals surface area contributed by atoms with Crippen LogP contribution in [0.3, 0.4) is 0 Å². The van der Waals surface area contributed by atoms with Crippen molar-refractivity contribution in [1.29, 1.82) is 5.26 Å². The first-order chi connectivity index (χ1) is 12.0. The molecule has 7 heteroatoms. The lowest BCUT2D eigenvalue weighted by Crippen LogP contribution is -2.03. The van der Waals surface area contributed by atoms with Crippen molar-refractivity contribution < 1.29 is 13.2 Å². The molecule has 0 saturated heterocycles. The normalized spacial score (nSPS) is 11.6. The van der Waals surface area contributed by atoms with E-state index in [4.69, 9.17) is 5.26 Å². The molecule has 25 heavy (non-hydrogen) atoms. The van der Waals surface area contributed by atoms with Crippen LogP contribution in [0.5, 0.6) is 0 Å². The Labute approximate surface area is 141 Å². The standard InChI is InChI=1S/C18H11F3N4/c19-18(20,21)15-8-6-12(7-9-15)4-5-13-2-1-3-14(10-13)17-16(11-22)23-25-24-17/h1-10H,(H,23,24,25). The first kappa shape index (κ1) is 16.5. The van der Waals surface area contributed by atoms with Crippen LogP contribution in [0, 0.1) is 11.3 Å². The highest BCUT2D eigenvalue weighted by atomic mass is 19.4. The lowest BCUT2D eigenvalue weighted by molar-refractivity contribution is -0.137. The summed E-state index contributed by atoms with van der Waals surface area (Å²) in [6.07, 6.45) is -0.849. The molecule has 0 saturated carbocycles. The van der Waals surface area contributed by atoms with Crippen molar-refractivity contribution >= 4 is 12.2 Å². The molecule has 1 heterocycles. The van der Waals surface area contributed by atoms with Gasteiger partial charge < -0.3 is 0 Å². The van der Waals surface area contributed by atoms with Crippen LogP contribution >= 0.6 is 0 Å². The minimum absolute atomic E-state index is 0.198. The second-order valence-corrected chi connectivity index (χ2v) is 5.21. The first-order valence-corrected chi connectivity index (χ1v) is 7.24. The van der Waals surface area contributed by atoms with Crippen molar-refractivity contribution in [2.24, 2.45) is 0 Å². The molecule has 3 rings (SSSR count). The van der Waals surface area contributed by atoms with Gasteiger partial charge in [-0.2, -0.15) is 28.7 Å². The summed E-state index contributed by atoms with van der Waals surface area (Å²) in [4.78, 5) is 0. The van der Waals surface area contributed by atoms with E-state index in [1.165, 1.54) is 12.1 Å². The molecule has 0 spiro atoms. The maximum absolute atomic E-state index is 12.6. The van der Waals surface area contributed by atoms with Crippen LogP contribution in [0.4, 0.5) is 13.2 Å². The van der Waals surface area contributed by atoms with Crippen LogP contribution in [0.1, 0.15) is 22.4 Å². The molecule has 0 fully saturated rings. The first-order valence-electron chi connectivity index (χ1n) is 7.24. The van der Waals surface area contributed by atoms with E-state index in [0.717, 1.165) is 23.3 Å². The third-order valence-electron chi connectivity index (χ3n) is 3.52. The number of nitrogens with one attached hydrogen (secondary N) is 1. The van der Waals surface area contributed by atoms with Gasteiger partial charge in [-0.15, -0.1) is 5.10 Å². The van der Waals surface area contributed by atoms with Gasteiger partial charge in [0.25, 0.3) is 0 Å². The number of hydrogen-bond acceptors (Lipinski definition) is 3. The molecule has 4 nitrogen and oxygen atoms in total. The van der Waals surface area contributed by atoms with Gasteiger partial charge in [0.15, 0.2) is 5.69 Å². The Balaban J connectivity index is 1.83. The lowest BCUT2D eigenvalue weighted by Gasteiger charge is -2.06. The van der Waals surface area contributed by atoms with E-state index in [2.05, 4.69) is 15.4 Å². The van der Waals surface area contributed by atoms with Crippen LogP contribution in [-0.2, 0) is 6.18 Å². The SMILES string of the molecule is N#Cc1n[nH]nc1-c1cccc(C=Cc2ccc(C(F)(F)F)cc2)c1. The maximum Gasteiger partial charge on any atom is 0.416 e. The topological polar surface area (TPSA) is 65.4 Å². The van der Waals surface area contributed by atoms with Crippen LogP contribution in [0.25, 0.3) is 23.4 Å². The molecule has 0 aliphatic carbocycles. The number of nitrogens with zero attached hydrogens (tertiary/aromatic N) is 3. The van der Waals surface area contributed by atoms with Gasteiger partial charge in [0, 0.05) is 5.56 Å². The van der Waals surface area contributed by atoms with E-state index in [0.29, 0.717) is 11.3 Å². The van der Waals surface area contributed by atoms with Gasteiger partial charge in [0.1, 0.15) is 11.8 Å². The van der Waals surface area contributed by atoms with Gasteiger partial charge in [0.2, 0.25) is 0 Å². The van der Waals surface area contributed by atoms with Gasteiger partial charge in [-0.05, 0) is 29.3 Å². The molecular formula is C18H11F3N4. The van der Waals surface area contributed by atoms with Crippen LogP contribution in [-0.4, -0.2) is 15.4 Å². The van der Waals surface area contributed by atoms with Crippen molar-refractivity contribution in [3.63, 3.8) is 0 Å². The highest BCUT2D eigenvalue weighted by Gasteiger charge is 2.29. The van der Waals surface area contributed by atoms with E-state index in [-0.39, 0.29) is 5.69 Å². The molecule has 0 amide bonds. The average Bonchev–Trinajstić information content (AvgIpc) is 3.08.